The van der Waals surface area contributed by atoms with Crippen molar-refractivity contribution in [2.75, 3.05) is 0 Å². The molecule has 0 saturated carbocycles. The lowest BCUT2D eigenvalue weighted by Gasteiger charge is -2.46. The first kappa shape index (κ1) is 21.7. The Morgan fingerprint density at radius 3 is 2.66 bits per heavy atom. The highest BCUT2D eigenvalue weighted by molar-refractivity contribution is 5.79. The van der Waals surface area contributed by atoms with Gasteiger partial charge in [-0.3, -0.25) is 0 Å². The fourth-order valence-corrected chi connectivity index (χ4v) is 4.53. The third-order valence-corrected chi connectivity index (χ3v) is 6.01. The van der Waals surface area contributed by atoms with Crippen molar-refractivity contribution in [1.29, 1.82) is 0 Å². The molecule has 0 aromatic heterocycles. The maximum atomic E-state index is 12.9. The second-order valence-corrected chi connectivity index (χ2v) is 8.74. The van der Waals surface area contributed by atoms with Crippen molar-refractivity contribution in [1.82, 2.24) is 0 Å². The molecule has 3 nitrogen and oxygen atoms in total. The minimum Gasteiger partial charge on any atom is -0.487 e. The number of alkyl halides is 3. The van der Waals surface area contributed by atoms with Crippen molar-refractivity contribution in [3.63, 3.8) is 0 Å². The first-order chi connectivity index (χ1) is 13.5. The van der Waals surface area contributed by atoms with Gasteiger partial charge in [0.25, 0.3) is 0 Å². The molecular weight excluding hydrogens is 381 g/mol. The van der Waals surface area contributed by atoms with Crippen LogP contribution in [0.15, 0.2) is 23.8 Å². The van der Waals surface area contributed by atoms with E-state index in [4.69, 9.17) is 9.47 Å². The Bertz CT molecular complexity index is 808. The molecule has 0 N–H and O–H groups in total. The lowest BCUT2D eigenvalue weighted by atomic mass is 9.68. The van der Waals surface area contributed by atoms with Gasteiger partial charge in [0.15, 0.2) is 0 Å². The summed E-state index contributed by atoms with van der Waals surface area (Å²) in [5.74, 6) is -1.71. The molecule has 0 fully saturated rings. The summed E-state index contributed by atoms with van der Waals surface area (Å²) in [5.41, 5.74) is 2.12. The molecule has 2 unspecified atom stereocenters. The van der Waals surface area contributed by atoms with Gasteiger partial charge in [0.05, 0.1) is 0 Å². The maximum absolute atomic E-state index is 12.9. The zero-order chi connectivity index (χ0) is 21.4. The highest BCUT2D eigenvalue weighted by Crippen LogP contribution is 2.54. The third-order valence-electron chi connectivity index (χ3n) is 6.01. The number of aryl methyl sites for hydroxylation is 1. The highest BCUT2D eigenvalue weighted by atomic mass is 19.4. The maximum Gasteiger partial charge on any atom is 0.491 e. The zero-order valence-electron chi connectivity index (χ0n) is 17.5. The number of hydrogen-bond acceptors (Lipinski definition) is 3. The molecule has 0 radical (unpaired) electrons. The van der Waals surface area contributed by atoms with Gasteiger partial charge in [-0.15, -0.1) is 0 Å². The van der Waals surface area contributed by atoms with E-state index in [0.717, 1.165) is 37.7 Å². The topological polar surface area (TPSA) is 35.5 Å². The number of allylic oxidation sites excluding steroid dienone is 2. The molecule has 0 bridgehead atoms. The molecule has 1 aliphatic carbocycles. The monoisotopic (exact) mass is 410 g/mol. The molecule has 1 aromatic rings. The summed E-state index contributed by atoms with van der Waals surface area (Å²) < 4.78 is 49.9. The summed E-state index contributed by atoms with van der Waals surface area (Å²) in [7, 11) is 0. The summed E-state index contributed by atoms with van der Waals surface area (Å²) in [4.78, 5) is 11.6. The van der Waals surface area contributed by atoms with Crippen molar-refractivity contribution >= 4 is 5.97 Å². The quantitative estimate of drug-likeness (QED) is 0.241. The van der Waals surface area contributed by atoms with Crippen LogP contribution in [0.3, 0.4) is 0 Å². The Hall–Kier alpha value is -1.98. The van der Waals surface area contributed by atoms with Gasteiger partial charge < -0.3 is 9.47 Å². The van der Waals surface area contributed by atoms with Gasteiger partial charge in [0.2, 0.25) is 0 Å². The van der Waals surface area contributed by atoms with Crippen molar-refractivity contribution in [3.05, 3.63) is 34.9 Å². The van der Waals surface area contributed by atoms with Crippen LogP contribution in [0.4, 0.5) is 13.2 Å². The van der Waals surface area contributed by atoms with E-state index in [1.165, 1.54) is 5.57 Å². The van der Waals surface area contributed by atoms with Crippen molar-refractivity contribution in [3.8, 4) is 11.5 Å². The van der Waals surface area contributed by atoms with Gasteiger partial charge in [-0.25, -0.2) is 4.79 Å². The van der Waals surface area contributed by atoms with Crippen LogP contribution in [0, 0.1) is 5.92 Å². The van der Waals surface area contributed by atoms with E-state index in [0.29, 0.717) is 17.7 Å². The number of rotatable bonds is 5. The molecule has 1 aliphatic heterocycles. The van der Waals surface area contributed by atoms with E-state index in [1.54, 1.807) is 6.07 Å². The number of esters is 1. The van der Waals surface area contributed by atoms with Gasteiger partial charge in [-0.05, 0) is 64.2 Å². The fraction of sp³-hybridized carbons (Fsp3) is 0.609. The smallest absolute Gasteiger partial charge is 0.487 e. The normalized spacial score (nSPS) is 22.8. The summed E-state index contributed by atoms with van der Waals surface area (Å²) >= 11 is 0. The summed E-state index contributed by atoms with van der Waals surface area (Å²) in [6.45, 7) is 8.16. The van der Waals surface area contributed by atoms with Crippen LogP contribution >= 0.6 is 0 Å². The average molecular weight is 410 g/mol. The molecule has 0 amide bonds. The lowest BCUT2D eigenvalue weighted by Crippen LogP contribution is -2.45. The van der Waals surface area contributed by atoms with E-state index in [1.807, 2.05) is 26.8 Å². The molecule has 1 heterocycles. The second-order valence-electron chi connectivity index (χ2n) is 8.74. The molecule has 3 rings (SSSR count). The van der Waals surface area contributed by atoms with Gasteiger partial charge in [0.1, 0.15) is 17.1 Å². The van der Waals surface area contributed by atoms with Crippen LogP contribution in [0.1, 0.15) is 76.8 Å². The Labute approximate surface area is 170 Å². The number of ether oxygens (including phenoxy) is 2. The van der Waals surface area contributed by atoms with E-state index >= 15 is 0 Å². The molecule has 2 aliphatic rings. The molecular formula is C23H29F3O3. The van der Waals surface area contributed by atoms with Gasteiger partial charge in [-0.2, -0.15) is 13.2 Å². The predicted octanol–water partition coefficient (Wildman–Crippen LogP) is 6.50. The summed E-state index contributed by atoms with van der Waals surface area (Å²) in [5, 5.41) is 0. The first-order valence-corrected chi connectivity index (χ1v) is 10.3. The number of carbonyl (C=O) groups excluding carboxylic acids is 1. The average Bonchev–Trinajstić information content (AvgIpc) is 2.60. The molecule has 1 aromatic carbocycles. The fourth-order valence-electron chi connectivity index (χ4n) is 4.53. The minimum atomic E-state index is -5.04. The third kappa shape index (κ3) is 4.62. The number of hydrogen-bond donors (Lipinski definition) is 0. The molecule has 6 heteroatoms. The summed E-state index contributed by atoms with van der Waals surface area (Å²) in [6.07, 6.45) is 2.53. The Morgan fingerprint density at radius 1 is 1.28 bits per heavy atom. The SMILES string of the molecule is CCCCCc1cc(OC(=O)C(F)(F)F)c2c(c1)OC(C)(C)C1CCC(C)=CC21. The standard InChI is InChI=1S/C23H29F3O3/c1-5-6-7-8-15-12-18(28-21(27)23(24,25)26)20-16-11-14(2)9-10-17(16)22(3,4)29-19(20)13-15/h11-13,16-17H,5-10H2,1-4H3. The minimum absolute atomic E-state index is 0.0206. The Kier molecular flexibility index (Phi) is 6.02. The molecule has 160 valence electrons. The van der Waals surface area contributed by atoms with Gasteiger partial charge in [0, 0.05) is 17.4 Å². The van der Waals surface area contributed by atoms with Crippen LogP contribution in [0.25, 0.3) is 0 Å². The molecule has 29 heavy (non-hydrogen) atoms. The summed E-state index contributed by atoms with van der Waals surface area (Å²) in [6, 6.07) is 3.50. The number of benzene rings is 1. The van der Waals surface area contributed by atoms with Gasteiger partial charge in [-0.1, -0.05) is 31.4 Å². The lowest BCUT2D eigenvalue weighted by molar-refractivity contribution is -0.189. The second kappa shape index (κ2) is 8.04. The Morgan fingerprint density at radius 2 is 2.00 bits per heavy atom. The predicted molar refractivity (Wildman–Crippen MR) is 105 cm³/mol. The van der Waals surface area contributed by atoms with Crippen LogP contribution in [0.5, 0.6) is 11.5 Å². The first-order valence-electron chi connectivity index (χ1n) is 10.3. The van der Waals surface area contributed by atoms with E-state index in [9.17, 15) is 18.0 Å². The van der Waals surface area contributed by atoms with Crippen LogP contribution in [0.2, 0.25) is 0 Å². The van der Waals surface area contributed by atoms with E-state index < -0.39 is 17.7 Å². The van der Waals surface area contributed by atoms with Crippen molar-refractivity contribution < 1.29 is 27.4 Å². The van der Waals surface area contributed by atoms with Crippen LogP contribution in [-0.2, 0) is 11.2 Å². The number of unbranched alkanes of at least 4 members (excludes halogenated alkanes) is 2. The number of halogens is 3. The largest absolute Gasteiger partial charge is 0.491 e. The zero-order valence-corrected chi connectivity index (χ0v) is 17.5. The van der Waals surface area contributed by atoms with Crippen LogP contribution in [-0.4, -0.2) is 17.7 Å². The van der Waals surface area contributed by atoms with Gasteiger partial charge >= 0.3 is 12.1 Å². The molecule has 0 spiro atoms. The molecule has 2 atom stereocenters. The Balaban J connectivity index is 2.09. The highest BCUT2D eigenvalue weighted by Gasteiger charge is 2.47. The van der Waals surface area contributed by atoms with Crippen molar-refractivity contribution in [2.24, 2.45) is 5.92 Å². The van der Waals surface area contributed by atoms with Crippen LogP contribution < -0.4 is 9.47 Å². The number of fused-ring (bicyclic) bond motifs is 3. The van der Waals surface area contributed by atoms with Crippen molar-refractivity contribution in [2.45, 2.75) is 83.9 Å². The molecule has 0 saturated heterocycles. The van der Waals surface area contributed by atoms with E-state index in [-0.39, 0.29) is 17.6 Å². The van der Waals surface area contributed by atoms with E-state index in [2.05, 4.69) is 13.0 Å². The number of carbonyl (C=O) groups is 1.